The molecule has 2 aromatic heterocycles. The van der Waals surface area contributed by atoms with E-state index in [1.54, 1.807) is 4.57 Å². The first-order chi connectivity index (χ1) is 16.9. The molecule has 3 aromatic rings. The largest absolute Gasteiger partial charge is 0.472 e. The molecule has 5 rings (SSSR count). The average Bonchev–Trinajstić information content (AvgIpc) is 3.35. The number of amides is 1. The van der Waals surface area contributed by atoms with Gasteiger partial charge < -0.3 is 20.1 Å². The predicted octanol–water partition coefficient (Wildman–Crippen LogP) is 2.63. The van der Waals surface area contributed by atoms with E-state index in [0.717, 1.165) is 5.56 Å². The maximum absolute atomic E-state index is 12.2. The Kier molecular flexibility index (Phi) is 6.91. The molecule has 0 spiro atoms. The lowest BCUT2D eigenvalue weighted by Gasteiger charge is -2.27. The molecule has 2 fully saturated rings. The maximum atomic E-state index is 12.2. The molecule has 1 unspecified atom stereocenters. The fourth-order valence-electron chi connectivity index (χ4n) is 4.00. The monoisotopic (exact) mass is 521 g/mol. The second-order valence-electron chi connectivity index (χ2n) is 8.12. The van der Waals surface area contributed by atoms with Crippen LogP contribution in [0.25, 0.3) is 11.2 Å². The van der Waals surface area contributed by atoms with Crippen molar-refractivity contribution in [2.45, 2.75) is 55.2 Å². The Morgan fingerprint density at radius 2 is 2.11 bits per heavy atom. The number of fused-ring (bicyclic) bond motifs is 2. The van der Waals surface area contributed by atoms with E-state index in [-0.39, 0.29) is 18.3 Å². The summed E-state index contributed by atoms with van der Waals surface area (Å²) in [6.45, 7) is 1.69. The number of aliphatic hydroxyl groups is 1. The molecule has 0 bridgehead atoms. The quantitative estimate of drug-likeness (QED) is 0.310. The lowest BCUT2D eigenvalue weighted by atomic mass is 10.1. The van der Waals surface area contributed by atoms with Gasteiger partial charge in [0.2, 0.25) is 5.91 Å². The van der Waals surface area contributed by atoms with Gasteiger partial charge in [0.25, 0.3) is 0 Å². The summed E-state index contributed by atoms with van der Waals surface area (Å²) in [6, 6.07) is 9.76. The van der Waals surface area contributed by atoms with Gasteiger partial charge in [0.15, 0.2) is 28.4 Å². The van der Waals surface area contributed by atoms with Gasteiger partial charge in [-0.15, -0.1) is 0 Å². The maximum Gasteiger partial charge on any atom is 0.472 e. The third-order valence-electron chi connectivity index (χ3n) is 5.61. The Balaban J connectivity index is 1.54. The van der Waals surface area contributed by atoms with E-state index in [1.165, 1.54) is 18.1 Å². The number of carbonyl (C=O) groups is 1. The number of hydrogen-bond acceptors (Lipinski definition) is 10. The van der Waals surface area contributed by atoms with E-state index in [0.29, 0.717) is 34.9 Å². The van der Waals surface area contributed by atoms with Crippen LogP contribution >= 0.6 is 19.6 Å². The number of nitrogens with one attached hydrogen (secondary N) is 1. The number of nitrogens with zero attached hydrogens (tertiary/aromatic N) is 4. The minimum atomic E-state index is -4.28. The van der Waals surface area contributed by atoms with Crippen molar-refractivity contribution in [2.24, 2.45) is 0 Å². The molecule has 2 saturated heterocycles. The summed E-state index contributed by atoms with van der Waals surface area (Å²) in [6.07, 6.45) is -1.86. The van der Waals surface area contributed by atoms with Crippen molar-refractivity contribution >= 4 is 42.5 Å². The Bertz CT molecular complexity index is 1280. The number of carbonyl (C=O) groups excluding carboxylic acids is 1. The highest BCUT2D eigenvalue weighted by Gasteiger charge is 2.53. The summed E-state index contributed by atoms with van der Waals surface area (Å²) in [5, 5.41) is 14.3. The first-order valence-corrected chi connectivity index (χ1v) is 13.5. The Hall–Kier alpha value is -2.38. The summed E-state index contributed by atoms with van der Waals surface area (Å²) >= 11 is 1.39. The number of anilines is 1. The molecule has 14 heteroatoms. The van der Waals surface area contributed by atoms with Gasteiger partial charge in [0.1, 0.15) is 24.6 Å². The molecular formula is C21H24N5O7PS. The van der Waals surface area contributed by atoms with Crippen molar-refractivity contribution in [2.75, 3.05) is 11.9 Å². The highest BCUT2D eigenvalue weighted by atomic mass is 32.2. The number of ether oxygens (including phenoxy) is 1. The molecule has 1 aromatic carbocycles. The molecule has 0 aliphatic carbocycles. The summed E-state index contributed by atoms with van der Waals surface area (Å²) in [7, 11) is -4.28. The smallest absolute Gasteiger partial charge is 0.386 e. The van der Waals surface area contributed by atoms with Crippen molar-refractivity contribution in [1.82, 2.24) is 19.5 Å². The third-order valence-corrected chi connectivity index (χ3v) is 7.62. The van der Waals surface area contributed by atoms with Gasteiger partial charge in [0, 0.05) is 12.2 Å². The van der Waals surface area contributed by atoms with Crippen molar-refractivity contribution in [1.29, 1.82) is 0 Å². The van der Waals surface area contributed by atoms with Crippen molar-refractivity contribution in [3.05, 3.63) is 42.2 Å². The van der Waals surface area contributed by atoms with Gasteiger partial charge in [-0.2, -0.15) is 0 Å². The lowest BCUT2D eigenvalue weighted by molar-refractivity contribution is -0.116. The number of aliphatic hydroxyl groups excluding tert-OH is 1. The van der Waals surface area contributed by atoms with Crippen LogP contribution in [0.5, 0.6) is 0 Å². The van der Waals surface area contributed by atoms with Crippen LogP contribution in [0.15, 0.2) is 41.8 Å². The van der Waals surface area contributed by atoms with Crippen molar-refractivity contribution in [3.8, 4) is 0 Å². The molecular weight excluding hydrogens is 497 g/mol. The van der Waals surface area contributed by atoms with Crippen LogP contribution in [0.1, 0.15) is 31.6 Å². The summed E-state index contributed by atoms with van der Waals surface area (Å²) in [5.74, 6) is 0.613. The summed E-state index contributed by atoms with van der Waals surface area (Å²) < 4.78 is 29.5. The molecule has 1 amide bonds. The Labute approximate surface area is 204 Å². The van der Waals surface area contributed by atoms with Crippen LogP contribution in [-0.2, 0) is 28.9 Å². The van der Waals surface area contributed by atoms with Crippen molar-refractivity contribution < 1.29 is 33.1 Å². The number of aromatic nitrogens is 4. The molecule has 12 nitrogen and oxygen atoms in total. The van der Waals surface area contributed by atoms with Crippen molar-refractivity contribution in [3.63, 3.8) is 0 Å². The van der Waals surface area contributed by atoms with E-state index in [2.05, 4.69) is 20.3 Å². The number of imidazole rings is 1. The summed E-state index contributed by atoms with van der Waals surface area (Å²) in [4.78, 5) is 35.2. The first-order valence-electron chi connectivity index (χ1n) is 11.0. The predicted molar refractivity (Wildman–Crippen MR) is 125 cm³/mol. The van der Waals surface area contributed by atoms with Crippen LogP contribution in [0.2, 0.25) is 0 Å². The second-order valence-corrected chi connectivity index (χ2v) is 10.5. The molecule has 0 saturated carbocycles. The van der Waals surface area contributed by atoms with E-state index >= 15 is 0 Å². The average molecular weight is 521 g/mol. The number of phosphoric acid groups is 1. The zero-order valence-corrected chi connectivity index (χ0v) is 20.4. The van der Waals surface area contributed by atoms with Crippen LogP contribution in [0.3, 0.4) is 0 Å². The van der Waals surface area contributed by atoms with Crippen LogP contribution in [0.4, 0.5) is 5.82 Å². The lowest BCUT2D eigenvalue weighted by Crippen LogP contribution is -2.39. The fourth-order valence-corrected chi connectivity index (χ4v) is 5.94. The van der Waals surface area contributed by atoms with Gasteiger partial charge >= 0.3 is 7.82 Å². The molecule has 4 heterocycles. The van der Waals surface area contributed by atoms with Gasteiger partial charge in [0.05, 0.1) is 6.61 Å². The molecule has 2 aliphatic rings. The molecule has 5 atom stereocenters. The van der Waals surface area contributed by atoms with E-state index in [9.17, 15) is 19.4 Å². The first kappa shape index (κ1) is 24.3. The van der Waals surface area contributed by atoms with E-state index in [4.69, 9.17) is 13.8 Å². The molecule has 2 aliphatic heterocycles. The minimum absolute atomic E-state index is 0.201. The van der Waals surface area contributed by atoms with Gasteiger partial charge in [-0.3, -0.25) is 18.4 Å². The van der Waals surface area contributed by atoms with Gasteiger partial charge in [-0.05, 0) is 12.0 Å². The summed E-state index contributed by atoms with van der Waals surface area (Å²) in [5.41, 5.74) is 1.72. The number of hydrogen-bond donors (Lipinski definition) is 3. The fraction of sp³-hybridized carbons (Fsp3) is 0.429. The zero-order chi connectivity index (χ0) is 24.6. The molecule has 3 N–H and O–H groups in total. The number of benzene rings is 1. The van der Waals surface area contributed by atoms with E-state index in [1.807, 2.05) is 37.3 Å². The Morgan fingerprint density at radius 3 is 2.89 bits per heavy atom. The Morgan fingerprint density at radius 1 is 1.31 bits per heavy atom. The number of phosphoric ester groups is 1. The number of rotatable bonds is 7. The topological polar surface area (TPSA) is 158 Å². The van der Waals surface area contributed by atoms with Crippen LogP contribution < -0.4 is 5.32 Å². The van der Waals surface area contributed by atoms with Crippen LogP contribution in [-0.4, -0.2) is 60.3 Å². The second kappa shape index (κ2) is 9.94. The minimum Gasteiger partial charge on any atom is -0.386 e. The normalized spacial score (nSPS) is 28.2. The SMILES string of the molecule is CCCC(=O)Nc1ncnc2c1nc(SCc1ccccc1)n2[C@@H]1O[C@@H]2COP(=O)(O)O[C@H]2[C@H]1O. The van der Waals surface area contributed by atoms with Gasteiger partial charge in [-0.1, -0.05) is 49.0 Å². The molecule has 35 heavy (non-hydrogen) atoms. The highest BCUT2D eigenvalue weighted by Crippen LogP contribution is 2.53. The van der Waals surface area contributed by atoms with Gasteiger partial charge in [-0.25, -0.2) is 19.5 Å². The standard InChI is InChI=1S/C21H24N5O7PS/c1-2-6-14(27)24-18-15-19(23-11-22-18)26(21(25-15)35-10-12-7-4-3-5-8-12)20-16(28)17-13(32-20)9-31-34(29,30)33-17/h3-5,7-8,11,13,16-17,20,28H,2,6,9-10H2,1H3,(H,29,30)(H,22,23,24,27)/t13-,16-,17-,20-/m1/s1. The van der Waals surface area contributed by atoms with Crippen LogP contribution in [0, 0.1) is 0 Å². The zero-order valence-electron chi connectivity index (χ0n) is 18.7. The third kappa shape index (κ3) is 4.98. The molecule has 186 valence electrons. The number of thioether (sulfide) groups is 1. The van der Waals surface area contributed by atoms with E-state index < -0.39 is 32.4 Å². The highest BCUT2D eigenvalue weighted by molar-refractivity contribution is 7.98. The molecule has 0 radical (unpaired) electrons.